The van der Waals surface area contributed by atoms with Crippen molar-refractivity contribution in [3.8, 4) is 0 Å². The first-order valence-electron chi connectivity index (χ1n) is 5.34. The van der Waals surface area contributed by atoms with Gasteiger partial charge in [-0.25, -0.2) is 0 Å². The van der Waals surface area contributed by atoms with E-state index < -0.39 is 0 Å². The summed E-state index contributed by atoms with van der Waals surface area (Å²) in [6, 6.07) is 10.0. The van der Waals surface area contributed by atoms with E-state index in [2.05, 4.69) is 12.2 Å². The first-order chi connectivity index (χ1) is 7.31. The van der Waals surface area contributed by atoms with Crippen LogP contribution in [0.4, 0.5) is 0 Å². The summed E-state index contributed by atoms with van der Waals surface area (Å²) in [7, 11) is 0. The molecular formula is C12H19NO2. The normalized spacial score (nSPS) is 13.1. The summed E-state index contributed by atoms with van der Waals surface area (Å²) in [6.07, 6.45) is 0.931. The summed E-state index contributed by atoms with van der Waals surface area (Å²) < 4.78 is 0. The highest BCUT2D eigenvalue weighted by atomic mass is 16.3. The molecule has 1 aromatic carbocycles. The van der Waals surface area contributed by atoms with Crippen LogP contribution in [0.1, 0.15) is 24.9 Å². The molecule has 1 rings (SSSR count). The highest BCUT2D eigenvalue weighted by Gasteiger charge is 2.13. The maximum atomic E-state index is 8.99. The topological polar surface area (TPSA) is 52.5 Å². The van der Waals surface area contributed by atoms with Crippen molar-refractivity contribution in [2.24, 2.45) is 0 Å². The van der Waals surface area contributed by atoms with Gasteiger partial charge in [0.05, 0.1) is 19.3 Å². The fourth-order valence-electron chi connectivity index (χ4n) is 1.58. The van der Waals surface area contributed by atoms with Crippen LogP contribution in [0.2, 0.25) is 0 Å². The molecule has 0 unspecified atom stereocenters. The Bertz CT molecular complexity index is 260. The van der Waals surface area contributed by atoms with Crippen LogP contribution < -0.4 is 5.32 Å². The van der Waals surface area contributed by atoms with E-state index in [-0.39, 0.29) is 25.3 Å². The van der Waals surface area contributed by atoms with Crippen molar-refractivity contribution in [1.29, 1.82) is 0 Å². The van der Waals surface area contributed by atoms with Crippen molar-refractivity contribution in [1.82, 2.24) is 5.32 Å². The number of hydrogen-bond acceptors (Lipinski definition) is 3. The standard InChI is InChI=1S/C12H19NO2/c1-2-12(13-11(8-14)9-15)10-6-4-3-5-7-10/h3-7,11-15H,2,8-9H2,1H3/t12-/m1/s1. The van der Waals surface area contributed by atoms with Gasteiger partial charge in [0.15, 0.2) is 0 Å². The molecule has 0 saturated carbocycles. The van der Waals surface area contributed by atoms with E-state index in [1.54, 1.807) is 0 Å². The molecule has 0 bridgehead atoms. The number of hydrogen-bond donors (Lipinski definition) is 3. The van der Waals surface area contributed by atoms with Crippen LogP contribution in [-0.4, -0.2) is 29.5 Å². The second-order valence-electron chi connectivity index (χ2n) is 3.60. The number of benzene rings is 1. The van der Waals surface area contributed by atoms with Gasteiger partial charge in [-0.3, -0.25) is 0 Å². The third-order valence-corrected chi connectivity index (χ3v) is 2.49. The van der Waals surface area contributed by atoms with Gasteiger partial charge in [0.1, 0.15) is 0 Å². The van der Waals surface area contributed by atoms with Gasteiger partial charge in [0.2, 0.25) is 0 Å². The maximum absolute atomic E-state index is 8.99. The fourth-order valence-corrected chi connectivity index (χ4v) is 1.58. The van der Waals surface area contributed by atoms with Crippen molar-refractivity contribution in [2.45, 2.75) is 25.4 Å². The van der Waals surface area contributed by atoms with Crippen molar-refractivity contribution >= 4 is 0 Å². The molecule has 3 nitrogen and oxygen atoms in total. The first kappa shape index (κ1) is 12.2. The molecule has 0 saturated heterocycles. The molecule has 84 valence electrons. The highest BCUT2D eigenvalue weighted by Crippen LogP contribution is 2.16. The van der Waals surface area contributed by atoms with Crippen molar-refractivity contribution in [3.63, 3.8) is 0 Å². The minimum Gasteiger partial charge on any atom is -0.395 e. The summed E-state index contributed by atoms with van der Waals surface area (Å²) >= 11 is 0. The zero-order valence-electron chi connectivity index (χ0n) is 9.06. The van der Waals surface area contributed by atoms with Gasteiger partial charge < -0.3 is 15.5 Å². The van der Waals surface area contributed by atoms with Crippen molar-refractivity contribution < 1.29 is 10.2 Å². The Morgan fingerprint density at radius 1 is 1.13 bits per heavy atom. The van der Waals surface area contributed by atoms with Crippen LogP contribution >= 0.6 is 0 Å². The van der Waals surface area contributed by atoms with Crippen LogP contribution in [0.5, 0.6) is 0 Å². The summed E-state index contributed by atoms with van der Waals surface area (Å²) in [5.74, 6) is 0. The predicted octanol–water partition coefficient (Wildman–Crippen LogP) is 1.08. The lowest BCUT2D eigenvalue weighted by molar-refractivity contribution is 0.161. The van der Waals surface area contributed by atoms with E-state index in [4.69, 9.17) is 10.2 Å². The van der Waals surface area contributed by atoms with E-state index >= 15 is 0 Å². The van der Waals surface area contributed by atoms with Gasteiger partial charge >= 0.3 is 0 Å². The third kappa shape index (κ3) is 3.63. The highest BCUT2D eigenvalue weighted by molar-refractivity contribution is 5.18. The summed E-state index contributed by atoms with van der Waals surface area (Å²) in [4.78, 5) is 0. The monoisotopic (exact) mass is 209 g/mol. The van der Waals surface area contributed by atoms with Gasteiger partial charge in [-0.2, -0.15) is 0 Å². The number of aliphatic hydroxyl groups excluding tert-OH is 2. The molecule has 1 atom stereocenters. The Balaban J connectivity index is 2.64. The Morgan fingerprint density at radius 2 is 1.73 bits per heavy atom. The molecule has 15 heavy (non-hydrogen) atoms. The van der Waals surface area contributed by atoms with Gasteiger partial charge in [-0.15, -0.1) is 0 Å². The van der Waals surface area contributed by atoms with Crippen LogP contribution in [0.3, 0.4) is 0 Å². The summed E-state index contributed by atoms with van der Waals surface area (Å²) in [5, 5.41) is 21.2. The maximum Gasteiger partial charge on any atom is 0.0607 e. The largest absolute Gasteiger partial charge is 0.395 e. The zero-order valence-corrected chi connectivity index (χ0v) is 9.06. The molecule has 0 radical (unpaired) electrons. The van der Waals surface area contributed by atoms with E-state index in [1.807, 2.05) is 30.3 Å². The van der Waals surface area contributed by atoms with Gasteiger partial charge in [0.25, 0.3) is 0 Å². The molecule has 0 amide bonds. The van der Waals surface area contributed by atoms with Gasteiger partial charge in [-0.05, 0) is 12.0 Å². The average Bonchev–Trinajstić information content (AvgIpc) is 2.32. The molecule has 0 fully saturated rings. The minimum atomic E-state index is -0.241. The molecule has 3 heteroatoms. The quantitative estimate of drug-likeness (QED) is 0.657. The number of rotatable bonds is 6. The van der Waals surface area contributed by atoms with Crippen molar-refractivity contribution in [3.05, 3.63) is 35.9 Å². The molecule has 0 heterocycles. The molecule has 0 aliphatic rings. The Morgan fingerprint density at radius 3 is 2.20 bits per heavy atom. The Hall–Kier alpha value is -0.900. The van der Waals surface area contributed by atoms with E-state index in [0.29, 0.717) is 0 Å². The van der Waals surface area contributed by atoms with Crippen LogP contribution in [0, 0.1) is 0 Å². The smallest absolute Gasteiger partial charge is 0.0607 e. The fraction of sp³-hybridized carbons (Fsp3) is 0.500. The lowest BCUT2D eigenvalue weighted by atomic mass is 10.0. The molecule has 0 aromatic heterocycles. The van der Waals surface area contributed by atoms with Gasteiger partial charge in [-0.1, -0.05) is 37.3 Å². The third-order valence-electron chi connectivity index (χ3n) is 2.49. The first-order valence-corrected chi connectivity index (χ1v) is 5.34. The Kier molecular flexibility index (Phi) is 5.32. The molecule has 0 aliphatic heterocycles. The number of aliphatic hydroxyl groups is 2. The molecule has 0 aliphatic carbocycles. The van der Waals surface area contributed by atoms with Crippen LogP contribution in [0.25, 0.3) is 0 Å². The van der Waals surface area contributed by atoms with E-state index in [1.165, 1.54) is 5.56 Å². The summed E-state index contributed by atoms with van der Waals surface area (Å²) in [6.45, 7) is 2.00. The lowest BCUT2D eigenvalue weighted by Crippen LogP contribution is -2.38. The predicted molar refractivity (Wildman–Crippen MR) is 60.6 cm³/mol. The molecule has 0 spiro atoms. The molecular weight excluding hydrogens is 190 g/mol. The number of nitrogens with one attached hydrogen (secondary N) is 1. The SMILES string of the molecule is CC[C@@H](NC(CO)CO)c1ccccc1. The van der Waals surface area contributed by atoms with Gasteiger partial charge in [0, 0.05) is 6.04 Å². The lowest BCUT2D eigenvalue weighted by Gasteiger charge is -2.22. The molecule has 1 aromatic rings. The van der Waals surface area contributed by atoms with E-state index in [0.717, 1.165) is 6.42 Å². The average molecular weight is 209 g/mol. The van der Waals surface area contributed by atoms with Crippen LogP contribution in [0.15, 0.2) is 30.3 Å². The Labute approximate surface area is 90.8 Å². The summed E-state index contributed by atoms with van der Waals surface area (Å²) in [5.41, 5.74) is 1.19. The second-order valence-corrected chi connectivity index (χ2v) is 3.60. The second kappa shape index (κ2) is 6.56. The van der Waals surface area contributed by atoms with Crippen LogP contribution in [-0.2, 0) is 0 Å². The van der Waals surface area contributed by atoms with E-state index in [9.17, 15) is 0 Å². The zero-order chi connectivity index (χ0) is 11.1. The molecule has 3 N–H and O–H groups in total. The minimum absolute atomic E-state index is 0.0418. The van der Waals surface area contributed by atoms with Crippen molar-refractivity contribution in [2.75, 3.05) is 13.2 Å².